The van der Waals surface area contributed by atoms with Crippen LogP contribution in [0.3, 0.4) is 0 Å². The van der Waals surface area contributed by atoms with Crippen LogP contribution >= 0.6 is 0 Å². The van der Waals surface area contributed by atoms with Gasteiger partial charge in [0.25, 0.3) is 0 Å². The molecule has 0 aromatic heterocycles. The highest BCUT2D eigenvalue weighted by atomic mass is 16.5. The van der Waals surface area contributed by atoms with Crippen LogP contribution < -0.4 is 10.1 Å². The molecule has 1 saturated carbocycles. The van der Waals surface area contributed by atoms with Crippen LogP contribution in [0, 0.1) is 5.92 Å². The maximum Gasteiger partial charge on any atom is 0.119 e. The Kier molecular flexibility index (Phi) is 7.04. The predicted molar refractivity (Wildman–Crippen MR) is 86.7 cm³/mol. The Morgan fingerprint density at radius 3 is 2.81 bits per heavy atom. The van der Waals surface area contributed by atoms with Gasteiger partial charge in [-0.1, -0.05) is 31.9 Å². The Labute approximate surface area is 129 Å². The van der Waals surface area contributed by atoms with E-state index >= 15 is 0 Å². The van der Waals surface area contributed by atoms with E-state index in [0.29, 0.717) is 12.6 Å². The summed E-state index contributed by atoms with van der Waals surface area (Å²) in [6.45, 7) is 4.69. The second kappa shape index (κ2) is 9.06. The minimum atomic E-state index is 0.485. The zero-order valence-corrected chi connectivity index (χ0v) is 13.4. The van der Waals surface area contributed by atoms with Crippen molar-refractivity contribution < 1.29 is 9.47 Å². The van der Waals surface area contributed by atoms with Gasteiger partial charge in [-0.25, -0.2) is 0 Å². The van der Waals surface area contributed by atoms with E-state index in [4.69, 9.17) is 9.47 Å². The van der Waals surface area contributed by atoms with Gasteiger partial charge in [0.2, 0.25) is 0 Å². The molecule has 3 heteroatoms. The van der Waals surface area contributed by atoms with Gasteiger partial charge < -0.3 is 14.8 Å². The lowest BCUT2D eigenvalue weighted by molar-refractivity contribution is 0.183. The molecule has 0 saturated heterocycles. The van der Waals surface area contributed by atoms with E-state index in [-0.39, 0.29) is 0 Å². The number of hydrogen-bond donors (Lipinski definition) is 1. The summed E-state index contributed by atoms with van der Waals surface area (Å²) < 4.78 is 11.2. The van der Waals surface area contributed by atoms with Crippen LogP contribution in [0.5, 0.6) is 5.75 Å². The number of benzene rings is 1. The summed E-state index contributed by atoms with van der Waals surface area (Å²) in [6, 6.07) is 8.70. The Bertz CT molecular complexity index is 402. The number of methoxy groups -OCH3 is 1. The van der Waals surface area contributed by atoms with Crippen molar-refractivity contribution in [3.8, 4) is 5.75 Å². The van der Waals surface area contributed by atoms with Crippen LogP contribution in [0.4, 0.5) is 0 Å². The van der Waals surface area contributed by atoms with Crippen molar-refractivity contribution in [3.63, 3.8) is 0 Å². The molecule has 2 rings (SSSR count). The van der Waals surface area contributed by atoms with Gasteiger partial charge in [-0.15, -0.1) is 0 Å². The second-order valence-electron chi connectivity index (χ2n) is 6.00. The van der Waals surface area contributed by atoms with E-state index in [0.717, 1.165) is 30.4 Å². The molecule has 1 atom stereocenters. The lowest BCUT2D eigenvalue weighted by atomic mass is 9.98. The summed E-state index contributed by atoms with van der Waals surface area (Å²) in [5, 5.41) is 3.67. The van der Waals surface area contributed by atoms with Gasteiger partial charge in [-0.05, 0) is 49.4 Å². The SMILES string of the molecule is CCCNC(COc1cccc(COC)c1)C1CCCC1. The van der Waals surface area contributed by atoms with E-state index in [1.54, 1.807) is 7.11 Å². The van der Waals surface area contributed by atoms with Crippen molar-refractivity contribution in [3.05, 3.63) is 29.8 Å². The van der Waals surface area contributed by atoms with Crippen LogP contribution in [-0.4, -0.2) is 26.3 Å². The quantitative estimate of drug-likeness (QED) is 0.751. The van der Waals surface area contributed by atoms with Crippen LogP contribution in [-0.2, 0) is 11.3 Å². The number of rotatable bonds is 9. The average molecular weight is 291 g/mol. The topological polar surface area (TPSA) is 30.5 Å². The van der Waals surface area contributed by atoms with Crippen LogP contribution in [0.1, 0.15) is 44.6 Å². The Morgan fingerprint density at radius 2 is 2.10 bits per heavy atom. The van der Waals surface area contributed by atoms with E-state index in [1.165, 1.54) is 32.1 Å². The van der Waals surface area contributed by atoms with Gasteiger partial charge in [-0.2, -0.15) is 0 Å². The number of nitrogens with one attached hydrogen (secondary N) is 1. The molecule has 0 amide bonds. The van der Waals surface area contributed by atoms with E-state index in [2.05, 4.69) is 24.4 Å². The third kappa shape index (κ3) is 5.33. The summed E-state index contributed by atoms with van der Waals surface area (Å²) >= 11 is 0. The molecule has 118 valence electrons. The van der Waals surface area contributed by atoms with Crippen LogP contribution in [0.25, 0.3) is 0 Å². The fourth-order valence-corrected chi connectivity index (χ4v) is 3.13. The molecule has 1 aromatic carbocycles. The summed E-state index contributed by atoms with van der Waals surface area (Å²) in [7, 11) is 1.72. The number of hydrogen-bond acceptors (Lipinski definition) is 3. The van der Waals surface area contributed by atoms with Gasteiger partial charge in [0.05, 0.1) is 6.61 Å². The predicted octanol–water partition coefficient (Wildman–Crippen LogP) is 3.77. The highest BCUT2D eigenvalue weighted by molar-refractivity contribution is 5.28. The number of ether oxygens (including phenoxy) is 2. The second-order valence-corrected chi connectivity index (χ2v) is 6.00. The molecular weight excluding hydrogens is 262 g/mol. The third-order valence-corrected chi connectivity index (χ3v) is 4.26. The van der Waals surface area contributed by atoms with Crippen molar-refractivity contribution in [1.29, 1.82) is 0 Å². The van der Waals surface area contributed by atoms with E-state index in [9.17, 15) is 0 Å². The molecule has 0 heterocycles. The Morgan fingerprint density at radius 1 is 1.29 bits per heavy atom. The molecule has 0 bridgehead atoms. The molecule has 1 unspecified atom stereocenters. The molecule has 0 radical (unpaired) electrons. The fourth-order valence-electron chi connectivity index (χ4n) is 3.13. The summed E-state index contributed by atoms with van der Waals surface area (Å²) in [5.41, 5.74) is 1.16. The zero-order valence-electron chi connectivity index (χ0n) is 13.4. The molecular formula is C18H29NO2. The smallest absolute Gasteiger partial charge is 0.119 e. The molecule has 21 heavy (non-hydrogen) atoms. The van der Waals surface area contributed by atoms with Crippen molar-refractivity contribution in [1.82, 2.24) is 5.32 Å². The molecule has 0 aliphatic heterocycles. The van der Waals surface area contributed by atoms with Crippen LogP contribution in [0.15, 0.2) is 24.3 Å². The lowest BCUT2D eigenvalue weighted by Crippen LogP contribution is -2.40. The molecule has 0 spiro atoms. The first-order valence-corrected chi connectivity index (χ1v) is 8.27. The average Bonchev–Trinajstić information content (AvgIpc) is 3.02. The van der Waals surface area contributed by atoms with E-state index < -0.39 is 0 Å². The minimum absolute atomic E-state index is 0.485. The normalized spacial score (nSPS) is 17.0. The highest BCUT2D eigenvalue weighted by Gasteiger charge is 2.24. The molecule has 1 aliphatic carbocycles. The van der Waals surface area contributed by atoms with Gasteiger partial charge >= 0.3 is 0 Å². The van der Waals surface area contributed by atoms with Crippen molar-refractivity contribution in [2.45, 2.75) is 51.7 Å². The van der Waals surface area contributed by atoms with Crippen molar-refractivity contribution >= 4 is 0 Å². The first kappa shape index (κ1) is 16.3. The summed E-state index contributed by atoms with van der Waals surface area (Å²) in [4.78, 5) is 0. The molecule has 3 nitrogen and oxygen atoms in total. The Balaban J connectivity index is 1.89. The van der Waals surface area contributed by atoms with Gasteiger partial charge in [0.15, 0.2) is 0 Å². The van der Waals surface area contributed by atoms with E-state index in [1.807, 2.05) is 12.1 Å². The zero-order chi connectivity index (χ0) is 14.9. The van der Waals surface area contributed by atoms with Gasteiger partial charge in [-0.3, -0.25) is 0 Å². The standard InChI is InChI=1S/C18H29NO2/c1-3-11-19-18(16-8-4-5-9-16)14-21-17-10-6-7-15(12-17)13-20-2/h6-7,10,12,16,18-19H,3-5,8-9,11,13-14H2,1-2H3. The highest BCUT2D eigenvalue weighted by Crippen LogP contribution is 2.28. The summed E-state index contributed by atoms with van der Waals surface area (Å²) in [5.74, 6) is 1.73. The first-order chi connectivity index (χ1) is 10.3. The van der Waals surface area contributed by atoms with Gasteiger partial charge in [0.1, 0.15) is 12.4 Å². The van der Waals surface area contributed by atoms with Crippen LogP contribution in [0.2, 0.25) is 0 Å². The molecule has 1 aliphatic rings. The molecule has 1 N–H and O–H groups in total. The Hall–Kier alpha value is -1.06. The maximum atomic E-state index is 6.05. The third-order valence-electron chi connectivity index (χ3n) is 4.26. The fraction of sp³-hybridized carbons (Fsp3) is 0.667. The largest absolute Gasteiger partial charge is 0.492 e. The first-order valence-electron chi connectivity index (χ1n) is 8.27. The minimum Gasteiger partial charge on any atom is -0.492 e. The van der Waals surface area contributed by atoms with Crippen molar-refractivity contribution in [2.24, 2.45) is 5.92 Å². The maximum absolute atomic E-state index is 6.05. The molecule has 1 aromatic rings. The summed E-state index contributed by atoms with van der Waals surface area (Å²) in [6.07, 6.45) is 6.60. The monoisotopic (exact) mass is 291 g/mol. The van der Waals surface area contributed by atoms with Gasteiger partial charge in [0, 0.05) is 13.2 Å². The molecule has 1 fully saturated rings. The van der Waals surface area contributed by atoms with Crippen molar-refractivity contribution in [2.75, 3.05) is 20.3 Å². The lowest BCUT2D eigenvalue weighted by Gasteiger charge is -2.25.